The molecule has 3 N–H and O–H groups in total. The molecule has 0 heterocycles. The predicted octanol–water partition coefficient (Wildman–Crippen LogP) is 2.20. The van der Waals surface area contributed by atoms with Crippen molar-refractivity contribution in [2.45, 2.75) is 6.18 Å². The summed E-state index contributed by atoms with van der Waals surface area (Å²) in [7, 11) is 0. The van der Waals surface area contributed by atoms with Gasteiger partial charge in [0.15, 0.2) is 0 Å². The summed E-state index contributed by atoms with van der Waals surface area (Å²) in [6.45, 7) is -0.543. The molecule has 0 aliphatic carbocycles. The number of rotatable bonds is 7. The Labute approximate surface area is 108 Å². The van der Waals surface area contributed by atoms with Gasteiger partial charge >= 0.3 is 6.18 Å². The van der Waals surface area contributed by atoms with E-state index < -0.39 is 24.5 Å². The average molecular weight is 276 g/mol. The monoisotopic (exact) mass is 276 g/mol. The highest BCUT2D eigenvalue weighted by Crippen LogP contribution is 2.26. The van der Waals surface area contributed by atoms with Gasteiger partial charge < -0.3 is 15.2 Å². The number of alkyl halides is 3. The lowest BCUT2D eigenvalue weighted by atomic mass is 10.1. The van der Waals surface area contributed by atoms with Crippen molar-refractivity contribution in [1.29, 1.82) is 5.41 Å². The van der Waals surface area contributed by atoms with Crippen molar-refractivity contribution in [3.8, 4) is 5.75 Å². The Morgan fingerprint density at radius 2 is 1.84 bits per heavy atom. The van der Waals surface area contributed by atoms with Crippen molar-refractivity contribution in [2.24, 2.45) is 11.7 Å². The molecule has 7 heteroatoms. The largest absolute Gasteiger partial charge is 0.491 e. The molecule has 0 spiro atoms. The molecule has 0 bridgehead atoms. The summed E-state index contributed by atoms with van der Waals surface area (Å²) >= 11 is 0. The third-order valence-electron chi connectivity index (χ3n) is 2.29. The van der Waals surface area contributed by atoms with Crippen molar-refractivity contribution in [2.75, 3.05) is 19.8 Å². The molecule has 0 fully saturated rings. The van der Waals surface area contributed by atoms with E-state index in [2.05, 4.69) is 0 Å². The van der Waals surface area contributed by atoms with Crippen LogP contribution in [0, 0.1) is 11.3 Å². The molecule has 0 aromatic heterocycles. The smallest absolute Gasteiger partial charge is 0.400 e. The molecule has 4 nitrogen and oxygen atoms in total. The van der Waals surface area contributed by atoms with Crippen molar-refractivity contribution in [3.05, 3.63) is 30.3 Å². The molecule has 1 unspecified atom stereocenters. The zero-order chi connectivity index (χ0) is 14.3. The van der Waals surface area contributed by atoms with E-state index in [4.69, 9.17) is 20.6 Å². The molecule has 106 valence electrons. The van der Waals surface area contributed by atoms with Gasteiger partial charge in [-0.2, -0.15) is 13.2 Å². The number of ether oxygens (including phenoxy) is 2. The minimum Gasteiger partial charge on any atom is -0.491 e. The molecule has 19 heavy (non-hydrogen) atoms. The third-order valence-corrected chi connectivity index (χ3v) is 2.29. The molecule has 0 saturated carbocycles. The first kappa shape index (κ1) is 15.3. The molecule has 0 amide bonds. The second-order valence-electron chi connectivity index (χ2n) is 3.79. The van der Waals surface area contributed by atoms with E-state index in [1.807, 2.05) is 6.07 Å². The van der Waals surface area contributed by atoms with Crippen LogP contribution in [0.3, 0.4) is 0 Å². The molecule has 0 aliphatic rings. The van der Waals surface area contributed by atoms with Crippen LogP contribution in [0.25, 0.3) is 0 Å². The second kappa shape index (κ2) is 6.98. The van der Waals surface area contributed by atoms with Gasteiger partial charge in [0.2, 0.25) is 0 Å². The molecule has 0 aliphatic heterocycles. The molecule has 0 radical (unpaired) electrons. The summed E-state index contributed by atoms with van der Waals surface area (Å²) in [4.78, 5) is 0. The van der Waals surface area contributed by atoms with E-state index >= 15 is 0 Å². The summed E-state index contributed by atoms with van der Waals surface area (Å²) in [6.07, 6.45) is -4.56. The van der Waals surface area contributed by atoms with Crippen molar-refractivity contribution in [3.63, 3.8) is 0 Å². The normalized spacial score (nSPS) is 13.0. The maximum atomic E-state index is 12.4. The number of benzene rings is 1. The Hall–Kier alpha value is -1.76. The van der Waals surface area contributed by atoms with E-state index in [-0.39, 0.29) is 13.2 Å². The van der Waals surface area contributed by atoms with Crippen LogP contribution in [0.2, 0.25) is 0 Å². The molecule has 1 atom stereocenters. The van der Waals surface area contributed by atoms with Crippen LogP contribution in [0.15, 0.2) is 30.3 Å². The first-order valence-electron chi connectivity index (χ1n) is 5.57. The number of nitrogens with two attached hydrogens (primary N) is 1. The summed E-state index contributed by atoms with van der Waals surface area (Å²) in [5, 5.41) is 6.87. The van der Waals surface area contributed by atoms with Gasteiger partial charge in [-0.15, -0.1) is 0 Å². The first-order chi connectivity index (χ1) is 8.91. The van der Waals surface area contributed by atoms with E-state index in [0.717, 1.165) is 0 Å². The minimum absolute atomic E-state index is 0.00520. The van der Waals surface area contributed by atoms with Crippen LogP contribution in [0.1, 0.15) is 0 Å². The van der Waals surface area contributed by atoms with E-state index in [1.165, 1.54) is 0 Å². The number of hydrogen-bond donors (Lipinski definition) is 2. The van der Waals surface area contributed by atoms with E-state index in [0.29, 0.717) is 5.75 Å². The van der Waals surface area contributed by atoms with Crippen molar-refractivity contribution >= 4 is 5.84 Å². The lowest BCUT2D eigenvalue weighted by Gasteiger charge is -2.18. The van der Waals surface area contributed by atoms with Gasteiger partial charge in [-0.25, -0.2) is 0 Å². The molecular formula is C12H15F3N2O2. The second-order valence-corrected chi connectivity index (χ2v) is 3.79. The highest BCUT2D eigenvalue weighted by molar-refractivity contribution is 5.80. The van der Waals surface area contributed by atoms with Gasteiger partial charge in [0.1, 0.15) is 24.1 Å². The molecule has 1 aromatic rings. The Balaban J connectivity index is 2.25. The van der Waals surface area contributed by atoms with Crippen molar-refractivity contribution < 1.29 is 22.6 Å². The van der Waals surface area contributed by atoms with Crippen LogP contribution in [0.4, 0.5) is 13.2 Å². The lowest BCUT2D eigenvalue weighted by Crippen LogP contribution is -2.38. The topological polar surface area (TPSA) is 68.3 Å². The molecule has 1 rings (SSSR count). The number of halogens is 3. The Kier molecular flexibility index (Phi) is 5.62. The first-order valence-corrected chi connectivity index (χ1v) is 5.57. The molecule has 1 aromatic carbocycles. The standard InChI is InChI=1S/C12H15F3N2O2/c13-12(14,15)10(11(16)17)8-18-6-7-19-9-4-2-1-3-5-9/h1-5,10H,6-8H2,(H3,16,17). The summed E-state index contributed by atoms with van der Waals surface area (Å²) in [6, 6.07) is 8.85. The number of amidine groups is 1. The fraction of sp³-hybridized carbons (Fsp3) is 0.417. The number of nitrogens with one attached hydrogen (secondary N) is 1. The van der Waals surface area contributed by atoms with Crippen LogP contribution in [-0.4, -0.2) is 31.8 Å². The maximum Gasteiger partial charge on any atom is 0.400 e. The van der Waals surface area contributed by atoms with Gasteiger partial charge in [-0.1, -0.05) is 18.2 Å². The van der Waals surface area contributed by atoms with Crippen molar-refractivity contribution in [1.82, 2.24) is 0 Å². The zero-order valence-electron chi connectivity index (χ0n) is 10.1. The van der Waals surface area contributed by atoms with Gasteiger partial charge in [-0.05, 0) is 12.1 Å². The summed E-state index contributed by atoms with van der Waals surface area (Å²) in [5.41, 5.74) is 4.88. The summed E-state index contributed by atoms with van der Waals surface area (Å²) in [5.74, 6) is -2.40. The quantitative estimate of drug-likeness (QED) is 0.455. The zero-order valence-corrected chi connectivity index (χ0v) is 10.1. The maximum absolute atomic E-state index is 12.4. The Bertz CT molecular complexity index is 396. The predicted molar refractivity (Wildman–Crippen MR) is 64.2 cm³/mol. The highest BCUT2D eigenvalue weighted by Gasteiger charge is 2.42. The van der Waals surface area contributed by atoms with E-state index in [9.17, 15) is 13.2 Å². The van der Waals surface area contributed by atoms with Gasteiger partial charge in [0, 0.05) is 0 Å². The SMILES string of the molecule is N=C(N)C(COCCOc1ccccc1)C(F)(F)F. The van der Waals surface area contributed by atoms with Crippen LogP contribution in [-0.2, 0) is 4.74 Å². The highest BCUT2D eigenvalue weighted by atomic mass is 19.4. The Morgan fingerprint density at radius 3 is 2.37 bits per heavy atom. The Morgan fingerprint density at radius 1 is 1.21 bits per heavy atom. The average Bonchev–Trinajstić information content (AvgIpc) is 2.32. The minimum atomic E-state index is -4.56. The molecular weight excluding hydrogens is 261 g/mol. The fourth-order valence-corrected chi connectivity index (χ4v) is 1.30. The third kappa shape index (κ3) is 5.60. The van der Waals surface area contributed by atoms with Crippen LogP contribution in [0.5, 0.6) is 5.75 Å². The van der Waals surface area contributed by atoms with Crippen LogP contribution >= 0.6 is 0 Å². The van der Waals surface area contributed by atoms with Crippen LogP contribution < -0.4 is 10.5 Å². The van der Waals surface area contributed by atoms with Gasteiger partial charge in [0.05, 0.1) is 13.2 Å². The number of hydrogen-bond acceptors (Lipinski definition) is 3. The lowest BCUT2D eigenvalue weighted by molar-refractivity contribution is -0.168. The summed E-state index contributed by atoms with van der Waals surface area (Å²) < 4.78 is 47.3. The van der Waals surface area contributed by atoms with Gasteiger partial charge in [-0.3, -0.25) is 5.41 Å². The number of para-hydroxylation sites is 1. The fourth-order valence-electron chi connectivity index (χ4n) is 1.30. The van der Waals surface area contributed by atoms with Gasteiger partial charge in [0.25, 0.3) is 0 Å². The van der Waals surface area contributed by atoms with E-state index in [1.54, 1.807) is 24.3 Å². The molecule has 0 saturated heterocycles.